The minimum absolute atomic E-state index is 0.0373. The van der Waals surface area contributed by atoms with E-state index in [4.69, 9.17) is 27.9 Å². The number of halogens is 8. The lowest BCUT2D eigenvalue weighted by Gasteiger charge is -2.15. The zero-order chi connectivity index (χ0) is 28.8. The molecule has 202 valence electrons. The molecule has 0 aliphatic carbocycles. The van der Waals surface area contributed by atoms with Crippen molar-refractivity contribution in [3.8, 4) is 5.75 Å². The number of ether oxygens (including phenoxy) is 1. The van der Waals surface area contributed by atoms with Gasteiger partial charge in [0, 0.05) is 6.07 Å². The van der Waals surface area contributed by atoms with Gasteiger partial charge in [-0.1, -0.05) is 29.3 Å². The fourth-order valence-electron chi connectivity index (χ4n) is 3.53. The van der Waals surface area contributed by atoms with E-state index in [1.165, 1.54) is 25.1 Å². The molecular weight excluding hydrogens is 640 g/mol. The van der Waals surface area contributed by atoms with Crippen LogP contribution in [0, 0.1) is 39.2 Å². The Labute approximate surface area is 234 Å². The fourth-order valence-corrected chi connectivity index (χ4v) is 4.43. The van der Waals surface area contributed by atoms with Gasteiger partial charge in [0.2, 0.25) is 11.6 Å². The molecule has 0 spiro atoms. The lowest BCUT2D eigenvalue weighted by Crippen LogP contribution is -2.25. The van der Waals surface area contributed by atoms with Gasteiger partial charge >= 0.3 is 5.69 Å². The van der Waals surface area contributed by atoms with Crippen LogP contribution in [0.25, 0.3) is 6.08 Å². The van der Waals surface area contributed by atoms with Crippen molar-refractivity contribution in [2.45, 2.75) is 13.5 Å². The average molecular weight is 651 g/mol. The predicted molar refractivity (Wildman–Crippen MR) is 136 cm³/mol. The minimum atomic E-state index is -2.39. The summed E-state index contributed by atoms with van der Waals surface area (Å²) in [6, 6.07) is 7.07. The molecule has 7 nitrogen and oxygen atoms in total. The normalized spacial score (nSPS) is 14.3. The molecule has 0 saturated heterocycles. The SMILES string of the molecule is CC1=NN(c2c(F)c(F)c(F)c(F)c2F)C(=O)/C1=C\c1cc(Br)c(OCc2ccc(Cl)c(Cl)c2)c([N+](=O)[O-])c1. The van der Waals surface area contributed by atoms with Crippen molar-refractivity contribution in [2.24, 2.45) is 5.10 Å². The first-order chi connectivity index (χ1) is 18.3. The van der Waals surface area contributed by atoms with Crippen LogP contribution < -0.4 is 9.75 Å². The van der Waals surface area contributed by atoms with Gasteiger partial charge in [-0.15, -0.1) is 0 Å². The molecule has 1 amide bonds. The highest BCUT2D eigenvalue weighted by Gasteiger charge is 2.37. The Hall–Kier alpha value is -3.55. The third-order valence-corrected chi connectivity index (χ3v) is 6.71. The van der Waals surface area contributed by atoms with Gasteiger partial charge < -0.3 is 4.74 Å². The Bertz CT molecular complexity index is 1600. The fraction of sp³-hybridized carbons (Fsp3) is 0.0833. The molecule has 1 aliphatic heterocycles. The van der Waals surface area contributed by atoms with E-state index in [2.05, 4.69) is 21.0 Å². The van der Waals surface area contributed by atoms with Crippen LogP contribution in [0.2, 0.25) is 10.0 Å². The van der Waals surface area contributed by atoms with Gasteiger partial charge in [0.25, 0.3) is 5.91 Å². The first kappa shape index (κ1) is 28.5. The Morgan fingerprint density at radius 2 is 1.64 bits per heavy atom. The number of benzene rings is 3. The number of amides is 1. The van der Waals surface area contributed by atoms with E-state index in [-0.39, 0.29) is 43.7 Å². The third-order valence-electron chi connectivity index (χ3n) is 5.38. The molecule has 1 aliphatic rings. The monoisotopic (exact) mass is 649 g/mol. The van der Waals surface area contributed by atoms with Crippen LogP contribution in [0.3, 0.4) is 0 Å². The summed E-state index contributed by atoms with van der Waals surface area (Å²) >= 11 is 15.0. The third kappa shape index (κ3) is 5.34. The molecule has 0 N–H and O–H groups in total. The second kappa shape index (κ2) is 10.9. The van der Waals surface area contributed by atoms with Crippen LogP contribution in [-0.2, 0) is 11.4 Å². The highest BCUT2D eigenvalue weighted by molar-refractivity contribution is 9.10. The Morgan fingerprint density at radius 1 is 1.03 bits per heavy atom. The number of nitro groups is 1. The maximum absolute atomic E-state index is 14.3. The number of nitro benzene ring substituents is 1. The lowest BCUT2D eigenvalue weighted by atomic mass is 10.1. The molecule has 0 bridgehead atoms. The minimum Gasteiger partial charge on any atom is -0.481 e. The summed E-state index contributed by atoms with van der Waals surface area (Å²) in [6.45, 7) is 1.13. The second-order valence-electron chi connectivity index (χ2n) is 7.92. The largest absolute Gasteiger partial charge is 0.481 e. The maximum Gasteiger partial charge on any atom is 0.312 e. The number of hydrogen-bond donors (Lipinski definition) is 0. The summed E-state index contributed by atoms with van der Waals surface area (Å²) in [5.74, 6) is -12.8. The van der Waals surface area contributed by atoms with Gasteiger partial charge in [-0.2, -0.15) is 10.1 Å². The van der Waals surface area contributed by atoms with Crippen LogP contribution in [-0.4, -0.2) is 16.5 Å². The van der Waals surface area contributed by atoms with E-state index >= 15 is 0 Å². The molecular formula is C24H11BrCl2F5N3O4. The molecule has 0 fully saturated rings. The van der Waals surface area contributed by atoms with Gasteiger partial charge in [0.15, 0.2) is 23.3 Å². The standard InChI is InChI=1S/C24H11BrCl2F5N3O4/c1-9-12(24(36)34(33-9)22-20(31)18(29)17(28)19(30)21(22)32)4-11-5-13(25)23(16(7-11)35(37)38)39-8-10-2-3-14(26)15(27)6-10/h2-7H,8H2,1H3/b12-4-. The van der Waals surface area contributed by atoms with E-state index < -0.39 is 51.3 Å². The first-order valence-electron chi connectivity index (χ1n) is 10.5. The second-order valence-corrected chi connectivity index (χ2v) is 9.59. The Balaban J connectivity index is 1.69. The van der Waals surface area contributed by atoms with Gasteiger partial charge in [0.05, 0.1) is 30.7 Å². The molecule has 0 radical (unpaired) electrons. The highest BCUT2D eigenvalue weighted by atomic mass is 79.9. The number of nitrogens with zero attached hydrogens (tertiary/aromatic N) is 3. The summed E-state index contributed by atoms with van der Waals surface area (Å²) in [5.41, 5.74) is -1.90. The van der Waals surface area contributed by atoms with Crippen molar-refractivity contribution in [1.29, 1.82) is 0 Å². The molecule has 4 rings (SSSR count). The van der Waals surface area contributed by atoms with E-state index in [0.717, 1.165) is 12.1 Å². The molecule has 3 aromatic rings. The molecule has 0 atom stereocenters. The Kier molecular flexibility index (Phi) is 7.96. The van der Waals surface area contributed by atoms with Crippen LogP contribution in [0.1, 0.15) is 18.1 Å². The van der Waals surface area contributed by atoms with E-state index in [1.807, 2.05) is 0 Å². The summed E-state index contributed by atoms with van der Waals surface area (Å²) in [4.78, 5) is 23.9. The first-order valence-corrected chi connectivity index (χ1v) is 12.0. The average Bonchev–Trinajstić information content (AvgIpc) is 3.15. The zero-order valence-corrected chi connectivity index (χ0v) is 22.3. The summed E-state index contributed by atoms with van der Waals surface area (Å²) in [7, 11) is 0. The summed E-state index contributed by atoms with van der Waals surface area (Å²) in [5, 5.41) is 16.0. The van der Waals surface area contributed by atoms with Crippen molar-refractivity contribution in [2.75, 3.05) is 5.01 Å². The molecule has 0 aromatic heterocycles. The number of anilines is 1. The van der Waals surface area contributed by atoms with Gasteiger partial charge in [-0.3, -0.25) is 14.9 Å². The van der Waals surface area contributed by atoms with Gasteiger partial charge in [0.1, 0.15) is 12.3 Å². The van der Waals surface area contributed by atoms with Crippen molar-refractivity contribution >= 4 is 68.2 Å². The maximum atomic E-state index is 14.3. The summed E-state index contributed by atoms with van der Waals surface area (Å²) < 4.78 is 75.1. The molecule has 15 heteroatoms. The molecule has 0 saturated carbocycles. The number of rotatable bonds is 6. The van der Waals surface area contributed by atoms with E-state index in [9.17, 15) is 36.9 Å². The highest BCUT2D eigenvalue weighted by Crippen LogP contribution is 2.39. The van der Waals surface area contributed by atoms with Crippen LogP contribution in [0.15, 0.2) is 45.5 Å². The van der Waals surface area contributed by atoms with Crippen LogP contribution in [0.5, 0.6) is 5.75 Å². The van der Waals surface area contributed by atoms with E-state index in [0.29, 0.717) is 10.6 Å². The quantitative estimate of drug-likeness (QED) is 0.0682. The zero-order valence-electron chi connectivity index (χ0n) is 19.2. The number of carbonyl (C=O) groups is 1. The van der Waals surface area contributed by atoms with Crippen molar-refractivity contribution < 1.29 is 36.4 Å². The number of hydrazone groups is 1. The number of carbonyl (C=O) groups excluding carboxylic acids is 1. The molecule has 0 unspecified atom stereocenters. The smallest absolute Gasteiger partial charge is 0.312 e. The number of hydrogen-bond acceptors (Lipinski definition) is 5. The lowest BCUT2D eigenvalue weighted by molar-refractivity contribution is -0.386. The topological polar surface area (TPSA) is 85.0 Å². The van der Waals surface area contributed by atoms with Gasteiger partial charge in [-0.05, 0) is 58.3 Å². The van der Waals surface area contributed by atoms with Crippen LogP contribution >= 0.6 is 39.1 Å². The van der Waals surface area contributed by atoms with Gasteiger partial charge in [-0.25, -0.2) is 22.0 Å². The van der Waals surface area contributed by atoms with Crippen LogP contribution in [0.4, 0.5) is 33.3 Å². The van der Waals surface area contributed by atoms with Crippen molar-refractivity contribution in [3.63, 3.8) is 0 Å². The van der Waals surface area contributed by atoms with E-state index in [1.54, 1.807) is 6.07 Å². The van der Waals surface area contributed by atoms with Crippen molar-refractivity contribution in [1.82, 2.24) is 0 Å². The predicted octanol–water partition coefficient (Wildman–Crippen LogP) is 7.74. The molecule has 39 heavy (non-hydrogen) atoms. The molecule has 3 aromatic carbocycles. The summed E-state index contributed by atoms with van der Waals surface area (Å²) in [6.07, 6.45) is 1.10. The van der Waals surface area contributed by atoms with Crippen molar-refractivity contribution in [3.05, 3.63) is 101 Å². The Morgan fingerprint density at radius 3 is 2.23 bits per heavy atom. The molecule has 1 heterocycles.